The van der Waals surface area contributed by atoms with Gasteiger partial charge in [0.1, 0.15) is 0 Å². The molecule has 1 aliphatic heterocycles. The molecule has 1 atom stereocenters. The summed E-state index contributed by atoms with van der Waals surface area (Å²) in [4.78, 5) is 0. The second-order valence-electron chi connectivity index (χ2n) is 4.18. The van der Waals surface area contributed by atoms with Crippen LogP contribution in [0.15, 0.2) is 26.1 Å². The van der Waals surface area contributed by atoms with Gasteiger partial charge in [-0.15, -0.1) is 0 Å². The van der Waals surface area contributed by atoms with Gasteiger partial charge in [-0.05, 0) is 0 Å². The summed E-state index contributed by atoms with van der Waals surface area (Å²) in [5.41, 5.74) is 2.62. The number of hydrogen-bond acceptors (Lipinski definition) is 5. The van der Waals surface area contributed by atoms with Crippen LogP contribution in [-0.4, -0.2) is 40.5 Å². The molecule has 0 radical (unpaired) electrons. The molecule has 2 rings (SSSR count). The number of hydrogen-bond donors (Lipinski definition) is 1. The monoisotopic (exact) mass is 333 g/mol. The molecule has 98 valence electrons. The van der Waals surface area contributed by atoms with Gasteiger partial charge in [0.05, 0.1) is 0 Å². The fourth-order valence-corrected chi connectivity index (χ4v) is 3.96. The number of anilines is 1. The Balaban J connectivity index is 2.12. The molecule has 1 N–H and O–H groups in total. The number of nitrogens with one attached hydrogen (secondary N) is 1. The first kappa shape index (κ1) is 13.5. The standard InChI is InChI=1S/C11H15N3O2SSe/c1-3-17(15,16)7-8(2)12-9-5-4-6-10-11(9)14-18-13-10/h4-6,8,12H,3,7H2,1-2H3. The van der Waals surface area contributed by atoms with Gasteiger partial charge in [0.15, 0.2) is 0 Å². The van der Waals surface area contributed by atoms with Crippen molar-refractivity contribution >= 4 is 41.5 Å². The Morgan fingerprint density at radius 1 is 1.39 bits per heavy atom. The molecule has 0 amide bonds. The van der Waals surface area contributed by atoms with Gasteiger partial charge in [-0.2, -0.15) is 0 Å². The molecule has 0 bridgehead atoms. The third-order valence-electron chi connectivity index (χ3n) is 2.63. The minimum absolute atomic E-state index is 0.0706. The van der Waals surface area contributed by atoms with Gasteiger partial charge in [-0.25, -0.2) is 0 Å². The summed E-state index contributed by atoms with van der Waals surface area (Å²) in [6.45, 7) is 3.53. The molecule has 0 aliphatic carbocycles. The zero-order chi connectivity index (χ0) is 13.2. The van der Waals surface area contributed by atoms with Crippen LogP contribution in [-0.2, 0) is 9.84 Å². The third-order valence-corrected chi connectivity index (χ3v) is 5.66. The summed E-state index contributed by atoms with van der Waals surface area (Å²) in [6, 6.07) is 5.60. The summed E-state index contributed by atoms with van der Waals surface area (Å²) in [5.74, 6) is 0.310. The second kappa shape index (κ2) is 5.38. The SMILES string of the molecule is CCS(=O)(=O)CC(C)Nc1cccc2c1N=[Se]=N2. The minimum atomic E-state index is -2.97. The Labute approximate surface area is 113 Å². The van der Waals surface area contributed by atoms with E-state index in [0.29, 0.717) is 0 Å². The predicted octanol–water partition coefficient (Wildman–Crippen LogP) is 2.27. The van der Waals surface area contributed by atoms with Crippen molar-refractivity contribution in [1.29, 1.82) is 0 Å². The molecule has 1 aliphatic rings. The molecule has 5 nitrogen and oxygen atoms in total. The fourth-order valence-electron chi connectivity index (χ4n) is 1.73. The first-order chi connectivity index (χ1) is 8.52. The topological polar surface area (TPSA) is 70.9 Å². The van der Waals surface area contributed by atoms with Gasteiger partial charge in [0, 0.05) is 0 Å². The van der Waals surface area contributed by atoms with E-state index >= 15 is 0 Å². The number of nitrogens with zero attached hydrogens (tertiary/aromatic N) is 2. The molecule has 18 heavy (non-hydrogen) atoms. The van der Waals surface area contributed by atoms with Crippen molar-refractivity contribution in [2.24, 2.45) is 7.92 Å². The van der Waals surface area contributed by atoms with Crippen molar-refractivity contribution < 1.29 is 8.42 Å². The molecule has 7 heteroatoms. The van der Waals surface area contributed by atoms with Gasteiger partial charge < -0.3 is 0 Å². The van der Waals surface area contributed by atoms with Crippen molar-refractivity contribution in [3.05, 3.63) is 18.2 Å². The Morgan fingerprint density at radius 2 is 2.17 bits per heavy atom. The van der Waals surface area contributed by atoms with Crippen molar-refractivity contribution in [2.75, 3.05) is 16.8 Å². The molecule has 0 spiro atoms. The fraction of sp³-hybridized carbons (Fsp3) is 0.455. The van der Waals surface area contributed by atoms with Gasteiger partial charge >= 0.3 is 113 Å². The van der Waals surface area contributed by atoms with Crippen molar-refractivity contribution in [3.63, 3.8) is 0 Å². The van der Waals surface area contributed by atoms with Crippen LogP contribution in [0.2, 0.25) is 0 Å². The van der Waals surface area contributed by atoms with Crippen LogP contribution < -0.4 is 5.32 Å². The van der Waals surface area contributed by atoms with Crippen molar-refractivity contribution in [1.82, 2.24) is 0 Å². The molecule has 0 saturated heterocycles. The average Bonchev–Trinajstić information content (AvgIpc) is 2.77. The molecule has 1 unspecified atom stereocenters. The van der Waals surface area contributed by atoms with Crippen LogP contribution in [0.25, 0.3) is 0 Å². The van der Waals surface area contributed by atoms with E-state index in [4.69, 9.17) is 0 Å². The van der Waals surface area contributed by atoms with E-state index in [2.05, 4.69) is 13.2 Å². The summed E-state index contributed by atoms with van der Waals surface area (Å²) in [5, 5.41) is 3.21. The van der Waals surface area contributed by atoms with Crippen LogP contribution in [0.5, 0.6) is 0 Å². The summed E-state index contributed by atoms with van der Waals surface area (Å²) >= 11 is -0.0706. The Kier molecular flexibility index (Phi) is 4.04. The van der Waals surface area contributed by atoms with E-state index in [1.54, 1.807) is 6.92 Å². The van der Waals surface area contributed by atoms with Gasteiger partial charge in [0.25, 0.3) is 0 Å². The maximum absolute atomic E-state index is 11.6. The summed E-state index contributed by atoms with van der Waals surface area (Å²) in [6.07, 6.45) is 0. The van der Waals surface area contributed by atoms with E-state index in [0.717, 1.165) is 17.1 Å². The number of rotatable bonds is 5. The molecular formula is C11H15N3O2SSe. The number of benzene rings is 1. The van der Waals surface area contributed by atoms with Crippen molar-refractivity contribution in [3.8, 4) is 0 Å². The van der Waals surface area contributed by atoms with Gasteiger partial charge in [0.2, 0.25) is 0 Å². The summed E-state index contributed by atoms with van der Waals surface area (Å²) in [7, 11) is -2.97. The molecular weight excluding hydrogens is 317 g/mol. The molecule has 1 heterocycles. The first-order valence-electron chi connectivity index (χ1n) is 5.70. The van der Waals surface area contributed by atoms with E-state index in [9.17, 15) is 8.42 Å². The Morgan fingerprint density at radius 3 is 2.89 bits per heavy atom. The molecule has 1 aromatic carbocycles. The summed E-state index contributed by atoms with van der Waals surface area (Å²) < 4.78 is 31.8. The van der Waals surface area contributed by atoms with Crippen LogP contribution in [0.3, 0.4) is 0 Å². The second-order valence-corrected chi connectivity index (χ2v) is 7.69. The molecule has 0 fully saturated rings. The van der Waals surface area contributed by atoms with Crippen LogP contribution >= 0.6 is 0 Å². The van der Waals surface area contributed by atoms with E-state index in [1.807, 2.05) is 25.1 Å². The zero-order valence-corrected chi connectivity index (χ0v) is 12.8. The van der Waals surface area contributed by atoms with Gasteiger partial charge in [-0.3, -0.25) is 0 Å². The maximum atomic E-state index is 11.6. The Bertz CT molecular complexity index is 621. The van der Waals surface area contributed by atoms with Gasteiger partial charge in [-0.1, -0.05) is 0 Å². The van der Waals surface area contributed by atoms with Crippen LogP contribution in [0.4, 0.5) is 17.1 Å². The van der Waals surface area contributed by atoms with Crippen molar-refractivity contribution in [2.45, 2.75) is 19.9 Å². The zero-order valence-electron chi connectivity index (χ0n) is 10.3. The molecule has 1 aromatic rings. The Hall–Kier alpha value is -0.911. The quantitative estimate of drug-likeness (QED) is 0.854. The predicted molar refractivity (Wildman–Crippen MR) is 73.8 cm³/mol. The van der Waals surface area contributed by atoms with Crippen LogP contribution in [0.1, 0.15) is 13.8 Å². The third kappa shape index (κ3) is 3.10. The molecule has 0 aromatic heterocycles. The number of sulfone groups is 1. The normalized spacial score (nSPS) is 15.0. The van der Waals surface area contributed by atoms with E-state index in [1.165, 1.54) is 0 Å². The van der Waals surface area contributed by atoms with E-state index < -0.39 is 9.84 Å². The van der Waals surface area contributed by atoms with Crippen LogP contribution in [0, 0.1) is 0 Å². The first-order valence-corrected chi connectivity index (χ1v) is 9.05. The number of fused-ring (bicyclic) bond motifs is 1. The molecule has 0 saturated carbocycles. The average molecular weight is 332 g/mol. The van der Waals surface area contributed by atoms with E-state index in [-0.39, 0.29) is 32.1 Å².